The van der Waals surface area contributed by atoms with Crippen molar-refractivity contribution >= 4 is 23.7 Å². The molecule has 1 amide bonds. The average Bonchev–Trinajstić information content (AvgIpc) is 2.43. The molecule has 102 valence electrons. The molecule has 0 unspecified atom stereocenters. The topological polar surface area (TPSA) is 81.9 Å². The van der Waals surface area contributed by atoms with E-state index in [1.165, 1.54) is 42.6 Å². The first-order valence-electron chi connectivity index (χ1n) is 5.67. The molecule has 0 radical (unpaired) electrons. The average molecular weight is 291 g/mol. The van der Waals surface area contributed by atoms with Crippen LogP contribution in [0.15, 0.2) is 47.6 Å². The molecule has 0 aliphatic heterocycles. The predicted molar refractivity (Wildman–Crippen MR) is 76.3 cm³/mol. The van der Waals surface area contributed by atoms with Crippen LogP contribution in [-0.4, -0.2) is 22.3 Å². The van der Waals surface area contributed by atoms with Crippen LogP contribution in [0.1, 0.15) is 15.9 Å². The van der Waals surface area contributed by atoms with Gasteiger partial charge in [0.2, 0.25) is 0 Å². The van der Waals surface area contributed by atoms with Crippen molar-refractivity contribution in [1.82, 2.24) is 5.43 Å². The Morgan fingerprint density at radius 2 is 1.85 bits per heavy atom. The molecule has 2 aromatic carbocycles. The quantitative estimate of drug-likeness (QED) is 0.600. The van der Waals surface area contributed by atoms with Crippen LogP contribution in [0.5, 0.6) is 11.5 Å². The number of hydrazone groups is 1. The Labute approximate surface area is 120 Å². The third kappa shape index (κ3) is 3.49. The number of aromatic hydroxyl groups is 2. The van der Waals surface area contributed by atoms with Gasteiger partial charge >= 0.3 is 0 Å². The van der Waals surface area contributed by atoms with Crippen LogP contribution in [0, 0.1) is 0 Å². The van der Waals surface area contributed by atoms with E-state index in [-0.39, 0.29) is 11.5 Å². The van der Waals surface area contributed by atoms with E-state index in [2.05, 4.69) is 10.5 Å². The lowest BCUT2D eigenvalue weighted by molar-refractivity contribution is 0.0955. The number of benzene rings is 2. The normalized spacial score (nSPS) is 10.7. The maximum Gasteiger partial charge on any atom is 0.271 e. The Morgan fingerprint density at radius 1 is 1.15 bits per heavy atom. The summed E-state index contributed by atoms with van der Waals surface area (Å²) in [6, 6.07) is 10.2. The van der Waals surface area contributed by atoms with Crippen LogP contribution < -0.4 is 5.43 Å². The lowest BCUT2D eigenvalue weighted by atomic mass is 10.2. The Balaban J connectivity index is 2.04. The van der Waals surface area contributed by atoms with E-state index in [0.717, 1.165) is 0 Å². The first-order valence-corrected chi connectivity index (χ1v) is 6.05. The van der Waals surface area contributed by atoms with Crippen LogP contribution in [0.25, 0.3) is 0 Å². The molecule has 0 aliphatic carbocycles. The van der Waals surface area contributed by atoms with Crippen molar-refractivity contribution < 1.29 is 15.0 Å². The van der Waals surface area contributed by atoms with Crippen LogP contribution in [-0.2, 0) is 0 Å². The molecule has 2 aromatic rings. The van der Waals surface area contributed by atoms with E-state index in [9.17, 15) is 9.90 Å². The van der Waals surface area contributed by atoms with Crippen molar-refractivity contribution in [3.05, 3.63) is 58.6 Å². The number of nitrogens with one attached hydrogen (secondary N) is 1. The molecule has 0 spiro atoms. The van der Waals surface area contributed by atoms with Crippen molar-refractivity contribution in [3.8, 4) is 11.5 Å². The molecule has 0 fully saturated rings. The molecule has 6 heteroatoms. The van der Waals surface area contributed by atoms with Gasteiger partial charge in [-0.05, 0) is 42.5 Å². The van der Waals surface area contributed by atoms with Gasteiger partial charge in [0.05, 0.1) is 6.21 Å². The number of rotatable bonds is 3. The summed E-state index contributed by atoms with van der Waals surface area (Å²) in [7, 11) is 0. The van der Waals surface area contributed by atoms with E-state index in [0.29, 0.717) is 16.1 Å². The van der Waals surface area contributed by atoms with E-state index in [1.807, 2.05) is 0 Å². The largest absolute Gasteiger partial charge is 0.508 e. The van der Waals surface area contributed by atoms with Gasteiger partial charge in [0, 0.05) is 16.1 Å². The van der Waals surface area contributed by atoms with Crippen molar-refractivity contribution in [2.45, 2.75) is 0 Å². The number of nitrogens with zero attached hydrogens (tertiary/aromatic N) is 1. The monoisotopic (exact) mass is 290 g/mol. The highest BCUT2D eigenvalue weighted by molar-refractivity contribution is 6.30. The smallest absolute Gasteiger partial charge is 0.271 e. The first kappa shape index (κ1) is 13.9. The number of carbonyl (C=O) groups is 1. The van der Waals surface area contributed by atoms with Gasteiger partial charge in [0.25, 0.3) is 5.91 Å². The highest BCUT2D eigenvalue weighted by Gasteiger charge is 2.04. The maximum atomic E-state index is 11.7. The number of hydrogen-bond donors (Lipinski definition) is 3. The second kappa shape index (κ2) is 6.08. The summed E-state index contributed by atoms with van der Waals surface area (Å²) in [6.45, 7) is 0. The van der Waals surface area contributed by atoms with E-state index in [1.54, 1.807) is 6.07 Å². The lowest BCUT2D eigenvalue weighted by Crippen LogP contribution is -2.17. The molecule has 5 nitrogen and oxygen atoms in total. The van der Waals surface area contributed by atoms with Gasteiger partial charge in [-0.15, -0.1) is 0 Å². The van der Waals surface area contributed by atoms with Crippen LogP contribution in [0.3, 0.4) is 0 Å². The number of amides is 1. The molecule has 0 heterocycles. The molecule has 2 rings (SSSR count). The fourth-order valence-electron chi connectivity index (χ4n) is 1.47. The van der Waals surface area contributed by atoms with E-state index in [4.69, 9.17) is 16.7 Å². The predicted octanol–water partition coefficient (Wildman–Crippen LogP) is 2.52. The van der Waals surface area contributed by atoms with E-state index >= 15 is 0 Å². The van der Waals surface area contributed by atoms with Gasteiger partial charge in [-0.1, -0.05) is 11.6 Å². The molecule has 0 saturated carbocycles. The van der Waals surface area contributed by atoms with Gasteiger partial charge in [0.15, 0.2) is 0 Å². The molecule has 20 heavy (non-hydrogen) atoms. The minimum absolute atomic E-state index is 0.0111. The highest BCUT2D eigenvalue weighted by Crippen LogP contribution is 2.19. The summed E-state index contributed by atoms with van der Waals surface area (Å²) in [5.74, 6) is -0.339. The van der Waals surface area contributed by atoms with Gasteiger partial charge in [-0.25, -0.2) is 5.43 Å². The minimum atomic E-state index is -0.428. The molecule has 0 bridgehead atoms. The number of halogens is 1. The Bertz CT molecular complexity index is 654. The second-order valence-corrected chi connectivity index (χ2v) is 4.39. The summed E-state index contributed by atoms with van der Waals surface area (Å²) < 4.78 is 0. The van der Waals surface area contributed by atoms with Crippen molar-refractivity contribution in [3.63, 3.8) is 0 Å². The van der Waals surface area contributed by atoms with Gasteiger partial charge < -0.3 is 10.2 Å². The standard InChI is InChI=1S/C14H11ClN2O3/c15-11-3-6-13(19)10(7-11)8-16-17-14(20)9-1-4-12(18)5-2-9/h1-8,18-19H,(H,17,20)/b16-8-. The fourth-order valence-corrected chi connectivity index (χ4v) is 1.65. The fraction of sp³-hybridized carbons (Fsp3) is 0. The Hall–Kier alpha value is -2.53. The van der Waals surface area contributed by atoms with Gasteiger partial charge in [-0.3, -0.25) is 4.79 Å². The molecule has 0 aromatic heterocycles. The number of carbonyl (C=O) groups excluding carboxylic acids is 1. The molecule has 0 aliphatic rings. The summed E-state index contributed by atoms with van der Waals surface area (Å²) in [6.07, 6.45) is 1.29. The summed E-state index contributed by atoms with van der Waals surface area (Å²) in [4.78, 5) is 11.7. The van der Waals surface area contributed by atoms with Crippen molar-refractivity contribution in [1.29, 1.82) is 0 Å². The van der Waals surface area contributed by atoms with Crippen molar-refractivity contribution in [2.75, 3.05) is 0 Å². The second-order valence-electron chi connectivity index (χ2n) is 3.95. The first-order chi connectivity index (χ1) is 9.56. The summed E-state index contributed by atoms with van der Waals surface area (Å²) >= 11 is 5.79. The summed E-state index contributed by atoms with van der Waals surface area (Å²) in [5.41, 5.74) is 3.06. The molecule has 0 atom stereocenters. The zero-order valence-electron chi connectivity index (χ0n) is 10.2. The zero-order valence-corrected chi connectivity index (χ0v) is 11.0. The molecular formula is C14H11ClN2O3. The third-order valence-electron chi connectivity index (χ3n) is 2.49. The van der Waals surface area contributed by atoms with Gasteiger partial charge in [0.1, 0.15) is 11.5 Å². The SMILES string of the molecule is O=C(N/N=C\c1cc(Cl)ccc1O)c1ccc(O)cc1. The molecule has 3 N–H and O–H groups in total. The minimum Gasteiger partial charge on any atom is -0.508 e. The van der Waals surface area contributed by atoms with Crippen molar-refractivity contribution in [2.24, 2.45) is 5.10 Å². The zero-order chi connectivity index (χ0) is 14.5. The molecular weight excluding hydrogens is 280 g/mol. The number of phenolic OH excluding ortho intramolecular Hbond substituents is 2. The number of phenols is 2. The van der Waals surface area contributed by atoms with Gasteiger partial charge in [-0.2, -0.15) is 5.10 Å². The Morgan fingerprint density at radius 3 is 2.55 bits per heavy atom. The van der Waals surface area contributed by atoms with E-state index < -0.39 is 5.91 Å². The number of hydrogen-bond acceptors (Lipinski definition) is 4. The third-order valence-corrected chi connectivity index (χ3v) is 2.72. The maximum absolute atomic E-state index is 11.7. The summed E-state index contributed by atoms with van der Waals surface area (Å²) in [5, 5.41) is 22.9. The van der Waals surface area contributed by atoms with Crippen LogP contribution in [0.2, 0.25) is 5.02 Å². The van der Waals surface area contributed by atoms with Crippen LogP contribution in [0.4, 0.5) is 0 Å². The molecule has 0 saturated heterocycles. The lowest BCUT2D eigenvalue weighted by Gasteiger charge is -2.01. The van der Waals surface area contributed by atoms with Crippen LogP contribution >= 0.6 is 11.6 Å². The Kier molecular flexibility index (Phi) is 4.22. The highest BCUT2D eigenvalue weighted by atomic mass is 35.5.